The second-order valence-electron chi connectivity index (χ2n) is 20.3. The summed E-state index contributed by atoms with van der Waals surface area (Å²) in [6.07, 6.45) is 25.1. The summed E-state index contributed by atoms with van der Waals surface area (Å²) in [5.41, 5.74) is 15.6. The first-order valence-corrected chi connectivity index (χ1v) is 26.8. The normalized spacial score (nSPS) is 17.2. The smallest absolute Gasteiger partial charge is 0.164 e. The lowest BCUT2D eigenvalue weighted by Gasteiger charge is -2.41. The minimum atomic E-state index is -0.627. The molecule has 5 heterocycles. The van der Waals surface area contributed by atoms with Crippen LogP contribution in [0.1, 0.15) is 45.5 Å². The van der Waals surface area contributed by atoms with Gasteiger partial charge in [0.15, 0.2) is 17.5 Å². The summed E-state index contributed by atoms with van der Waals surface area (Å²) in [7, 11) is 0. The quantitative estimate of drug-likeness (QED) is 0.160. The molecule has 5 nitrogen and oxygen atoms in total. The SMILES string of the molecule is Cc1ccc(-c2nc(-c3ccccc3)nc(-c3ccc4c(c3)c3cccc5c3n4-c3ccccc3C5(c3ccccc3)c3ccccc3)n2)ccc2cccc3c2n1/C=C/C=C\C=C\C3(C1=CCC=CC=C1)c1ccccc1. The summed E-state index contributed by atoms with van der Waals surface area (Å²) in [5.74, 6) is 1.78. The van der Waals surface area contributed by atoms with E-state index in [0.29, 0.717) is 17.5 Å². The highest BCUT2D eigenvalue weighted by Gasteiger charge is 2.45. The molecular weight excluding hydrogens is 947 g/mol. The van der Waals surface area contributed by atoms with Crippen molar-refractivity contribution >= 4 is 38.9 Å². The third-order valence-corrected chi connectivity index (χ3v) is 16.0. The van der Waals surface area contributed by atoms with E-state index in [0.717, 1.165) is 56.3 Å². The highest BCUT2D eigenvalue weighted by Crippen LogP contribution is 2.54. The largest absolute Gasteiger partial charge is 0.320 e. The third-order valence-electron chi connectivity index (χ3n) is 16.0. The van der Waals surface area contributed by atoms with Gasteiger partial charge in [-0.2, -0.15) is 0 Å². The minimum Gasteiger partial charge on any atom is -0.320 e. The van der Waals surface area contributed by atoms with Gasteiger partial charge in [0, 0.05) is 39.4 Å². The van der Waals surface area contributed by atoms with Gasteiger partial charge in [-0.05, 0) is 100 Å². The first-order chi connectivity index (χ1) is 38.6. The van der Waals surface area contributed by atoms with Crippen LogP contribution in [0, 0.1) is 6.92 Å². The van der Waals surface area contributed by atoms with Crippen LogP contribution >= 0.6 is 0 Å². The maximum absolute atomic E-state index is 5.43. The first-order valence-electron chi connectivity index (χ1n) is 26.8. The Kier molecular flexibility index (Phi) is 11.5. The van der Waals surface area contributed by atoms with Crippen LogP contribution in [0.2, 0.25) is 0 Å². The van der Waals surface area contributed by atoms with Crippen molar-refractivity contribution in [2.75, 3.05) is 0 Å². The Morgan fingerprint density at radius 3 is 1.79 bits per heavy atom. The molecule has 1 atom stereocenters. The summed E-state index contributed by atoms with van der Waals surface area (Å²) in [4.78, 5) is 16.0. The number of aromatic nitrogens is 5. The molecule has 78 heavy (non-hydrogen) atoms. The van der Waals surface area contributed by atoms with Crippen LogP contribution in [0.25, 0.3) is 78.8 Å². The highest BCUT2D eigenvalue weighted by molar-refractivity contribution is 6.13. The van der Waals surface area contributed by atoms with Crippen molar-refractivity contribution in [2.45, 2.75) is 24.2 Å². The third kappa shape index (κ3) is 7.49. The zero-order valence-corrected chi connectivity index (χ0v) is 43.2. The maximum Gasteiger partial charge on any atom is 0.164 e. The molecule has 0 saturated carbocycles. The molecule has 370 valence electrons. The molecule has 14 rings (SSSR count). The molecule has 0 saturated heterocycles. The summed E-state index contributed by atoms with van der Waals surface area (Å²) in [6, 6.07) is 81.1. The molecule has 0 radical (unpaired) electrons. The molecule has 1 unspecified atom stereocenters. The topological polar surface area (TPSA) is 48.5 Å². The molecule has 2 aliphatic heterocycles. The number of hydrogen-bond acceptors (Lipinski definition) is 3. The van der Waals surface area contributed by atoms with Crippen molar-refractivity contribution in [3.63, 3.8) is 0 Å². The Morgan fingerprint density at radius 1 is 0.436 bits per heavy atom. The Hall–Kier alpha value is -9.97. The average molecular weight is 1000 g/mol. The minimum absolute atomic E-state index is 0.561. The Labute approximate surface area is 454 Å². The van der Waals surface area contributed by atoms with Crippen LogP contribution in [-0.2, 0) is 10.8 Å². The van der Waals surface area contributed by atoms with Crippen LogP contribution in [0.5, 0.6) is 0 Å². The van der Waals surface area contributed by atoms with Gasteiger partial charge in [0.1, 0.15) is 0 Å². The Bertz CT molecular complexity index is 4360. The lowest BCUT2D eigenvalue weighted by molar-refractivity contribution is 0.728. The molecule has 5 heteroatoms. The van der Waals surface area contributed by atoms with Crippen LogP contribution < -0.4 is 0 Å². The van der Waals surface area contributed by atoms with Crippen LogP contribution in [0.15, 0.2) is 291 Å². The molecule has 11 aromatic rings. The van der Waals surface area contributed by atoms with E-state index in [1.807, 2.05) is 18.2 Å². The molecule has 1 aliphatic carbocycles. The first kappa shape index (κ1) is 46.6. The fourth-order valence-corrected chi connectivity index (χ4v) is 12.5. The standard InChI is InChI=1S/C73H53N5/c1-51-42-43-54(45-44-52-28-24-39-63-67(52)77(51)49-23-5-4-22-48-72(63,57-31-14-7-15-32-57)56-29-12-2-3-13-30-56)70-74-69(53-26-10-6-11-27-53)75-71(76-70)55-46-47-65-61(50-55)60-37-25-40-64-68(60)78(65)66-41-21-20-38-62(66)73(64,58-33-16-8-17-34-58)59-35-18-9-19-36-59/h2-12,14-50H,13H2,1H3/b5-4-,45-44?,48-22+,49-23+,51-42?,54-43?. The molecule has 0 bridgehead atoms. The van der Waals surface area contributed by atoms with E-state index in [-0.39, 0.29) is 0 Å². The number of para-hydroxylation sites is 3. The predicted octanol–water partition coefficient (Wildman–Crippen LogP) is 17.4. The summed E-state index contributed by atoms with van der Waals surface area (Å²) >= 11 is 0. The van der Waals surface area contributed by atoms with Gasteiger partial charge in [-0.3, -0.25) is 0 Å². The van der Waals surface area contributed by atoms with Gasteiger partial charge >= 0.3 is 0 Å². The Morgan fingerprint density at radius 2 is 1.04 bits per heavy atom. The van der Waals surface area contributed by atoms with E-state index < -0.39 is 10.8 Å². The van der Waals surface area contributed by atoms with E-state index in [4.69, 9.17) is 15.0 Å². The Balaban J connectivity index is 0.987. The lowest BCUT2D eigenvalue weighted by Crippen LogP contribution is -2.35. The molecule has 8 aromatic carbocycles. The molecule has 3 aromatic heterocycles. The van der Waals surface area contributed by atoms with Gasteiger partial charge in [0.2, 0.25) is 0 Å². The van der Waals surface area contributed by atoms with Gasteiger partial charge in [0.05, 0.1) is 33.1 Å². The van der Waals surface area contributed by atoms with Crippen molar-refractivity contribution in [1.29, 1.82) is 0 Å². The second-order valence-corrected chi connectivity index (χ2v) is 20.3. The fraction of sp³-hybridized carbons (Fsp3) is 0.0548. The molecule has 0 spiro atoms. The van der Waals surface area contributed by atoms with Gasteiger partial charge in [-0.1, -0.05) is 243 Å². The van der Waals surface area contributed by atoms with Crippen LogP contribution in [0.4, 0.5) is 0 Å². The van der Waals surface area contributed by atoms with Gasteiger partial charge in [0.25, 0.3) is 0 Å². The number of aryl methyl sites for hydroxylation is 1. The van der Waals surface area contributed by atoms with Gasteiger partial charge < -0.3 is 9.13 Å². The van der Waals surface area contributed by atoms with Crippen LogP contribution in [0.3, 0.4) is 0 Å². The molecule has 0 fully saturated rings. The predicted molar refractivity (Wildman–Crippen MR) is 322 cm³/mol. The van der Waals surface area contributed by atoms with E-state index >= 15 is 0 Å². The zero-order valence-electron chi connectivity index (χ0n) is 43.2. The van der Waals surface area contributed by atoms with E-state index in [2.05, 4.69) is 289 Å². The van der Waals surface area contributed by atoms with Crippen molar-refractivity contribution in [2.24, 2.45) is 0 Å². The van der Waals surface area contributed by atoms with E-state index in [1.165, 1.54) is 49.9 Å². The summed E-state index contributed by atoms with van der Waals surface area (Å²) < 4.78 is 4.81. The number of fused-ring (bicyclic) bond motifs is 5. The molecule has 3 aliphatic rings. The molecular formula is C73H53N5. The molecule has 0 amide bonds. The number of allylic oxidation sites excluding steroid dienone is 11. The number of rotatable bonds is 7. The van der Waals surface area contributed by atoms with E-state index in [9.17, 15) is 0 Å². The van der Waals surface area contributed by atoms with E-state index in [1.54, 1.807) is 0 Å². The average Bonchev–Trinajstić information content (AvgIpc) is 2.51. The number of nitrogens with zero attached hydrogens (tertiary/aromatic N) is 5. The van der Waals surface area contributed by atoms with Crippen LogP contribution in [-0.4, -0.2) is 24.1 Å². The zero-order chi connectivity index (χ0) is 52.0. The van der Waals surface area contributed by atoms with Gasteiger partial charge in [-0.25, -0.2) is 15.0 Å². The molecule has 0 N–H and O–H groups in total. The number of hydrogen-bond donors (Lipinski definition) is 0. The second kappa shape index (κ2) is 19.3. The monoisotopic (exact) mass is 999 g/mol. The van der Waals surface area contributed by atoms with Crippen molar-refractivity contribution < 1.29 is 0 Å². The summed E-state index contributed by atoms with van der Waals surface area (Å²) in [5, 5.41) is 3.37. The van der Waals surface area contributed by atoms with Crippen molar-refractivity contribution in [3.05, 3.63) is 330 Å². The maximum atomic E-state index is 5.43. The highest BCUT2D eigenvalue weighted by atomic mass is 15.0. The van der Waals surface area contributed by atoms with Crippen molar-refractivity contribution in [3.8, 4) is 39.9 Å². The lowest BCUT2D eigenvalue weighted by atomic mass is 9.63. The fourth-order valence-electron chi connectivity index (χ4n) is 12.5. The summed E-state index contributed by atoms with van der Waals surface area (Å²) in [6.45, 7) is 2.18. The van der Waals surface area contributed by atoms with Gasteiger partial charge in [-0.15, -0.1) is 0 Å². The van der Waals surface area contributed by atoms with Crippen molar-refractivity contribution in [1.82, 2.24) is 24.1 Å². The number of benzene rings is 8.